The number of hydroxylamine groups is 1. The van der Waals surface area contributed by atoms with Crippen LogP contribution in [0.3, 0.4) is 0 Å². The fourth-order valence-electron chi connectivity index (χ4n) is 1.30. The summed E-state index contributed by atoms with van der Waals surface area (Å²) in [5.41, 5.74) is 1.76. The van der Waals surface area contributed by atoms with Gasteiger partial charge in [-0.25, -0.2) is 5.48 Å². The maximum atomic E-state index is 11.8. The maximum Gasteiger partial charge on any atom is 0.268 e. The number of halogens is 1. The summed E-state index contributed by atoms with van der Waals surface area (Å²) in [5, 5.41) is 20.2. The van der Waals surface area contributed by atoms with E-state index in [9.17, 15) is 14.7 Å². The van der Waals surface area contributed by atoms with Gasteiger partial charge in [0.05, 0.1) is 6.10 Å². The number of rotatable bonds is 4. The number of carbonyl (C=O) groups is 2. The molecule has 0 heterocycles. The Morgan fingerprint density at radius 1 is 1.28 bits per heavy atom. The van der Waals surface area contributed by atoms with Gasteiger partial charge in [-0.1, -0.05) is 0 Å². The van der Waals surface area contributed by atoms with Crippen LogP contribution in [0.15, 0.2) is 24.3 Å². The zero-order chi connectivity index (χ0) is 13.7. The monoisotopic (exact) mass is 364 g/mol. The molecule has 0 aliphatic rings. The summed E-state index contributed by atoms with van der Waals surface area (Å²) in [4.78, 5) is 23.0. The molecule has 0 radical (unpaired) electrons. The van der Waals surface area contributed by atoms with Crippen molar-refractivity contribution in [2.24, 2.45) is 0 Å². The van der Waals surface area contributed by atoms with E-state index >= 15 is 0 Å². The van der Waals surface area contributed by atoms with E-state index in [1.54, 1.807) is 24.3 Å². The molecule has 0 aliphatic carbocycles. The largest absolute Gasteiger partial charge is 0.391 e. The van der Waals surface area contributed by atoms with E-state index in [0.717, 1.165) is 3.57 Å². The van der Waals surface area contributed by atoms with Crippen LogP contribution in [0.5, 0.6) is 0 Å². The predicted octanol–water partition coefficient (Wildman–Crippen LogP) is 0.276. The lowest BCUT2D eigenvalue weighted by molar-refractivity contribution is -0.133. The quantitative estimate of drug-likeness (QED) is 0.350. The number of hydrogen-bond donors (Lipinski definition) is 4. The molecule has 98 valence electrons. The first-order valence-corrected chi connectivity index (χ1v) is 6.22. The number of amides is 2. The normalized spacial score (nSPS) is 13.6. The Labute approximate surface area is 117 Å². The SMILES string of the molecule is C[C@@H](O)[C@H](NC(=O)c1ccc(I)cc1)C(=O)NO. The highest BCUT2D eigenvalue weighted by Gasteiger charge is 2.25. The molecule has 0 aliphatic heterocycles. The third-order valence-electron chi connectivity index (χ3n) is 2.27. The van der Waals surface area contributed by atoms with Crippen LogP contribution < -0.4 is 10.8 Å². The van der Waals surface area contributed by atoms with E-state index < -0.39 is 24.0 Å². The van der Waals surface area contributed by atoms with Crippen LogP contribution in [0.4, 0.5) is 0 Å². The zero-order valence-electron chi connectivity index (χ0n) is 9.55. The second-order valence-electron chi connectivity index (χ2n) is 3.67. The van der Waals surface area contributed by atoms with E-state index in [1.165, 1.54) is 12.4 Å². The number of aliphatic hydroxyl groups is 1. The van der Waals surface area contributed by atoms with Crippen LogP contribution in [-0.2, 0) is 4.79 Å². The molecule has 1 aromatic carbocycles. The van der Waals surface area contributed by atoms with Crippen molar-refractivity contribution in [1.29, 1.82) is 0 Å². The van der Waals surface area contributed by atoms with E-state index in [4.69, 9.17) is 5.21 Å². The summed E-state index contributed by atoms with van der Waals surface area (Å²) < 4.78 is 0.976. The van der Waals surface area contributed by atoms with Crippen molar-refractivity contribution in [2.75, 3.05) is 0 Å². The van der Waals surface area contributed by atoms with Gasteiger partial charge < -0.3 is 10.4 Å². The molecule has 0 fully saturated rings. The number of nitrogens with one attached hydrogen (secondary N) is 2. The van der Waals surface area contributed by atoms with Crippen LogP contribution in [0.2, 0.25) is 0 Å². The maximum absolute atomic E-state index is 11.8. The van der Waals surface area contributed by atoms with Crippen molar-refractivity contribution in [3.05, 3.63) is 33.4 Å². The van der Waals surface area contributed by atoms with Gasteiger partial charge in [0.25, 0.3) is 11.8 Å². The second-order valence-corrected chi connectivity index (χ2v) is 4.92. The summed E-state index contributed by atoms with van der Waals surface area (Å²) in [6.45, 7) is 1.34. The fraction of sp³-hybridized carbons (Fsp3) is 0.273. The highest BCUT2D eigenvalue weighted by molar-refractivity contribution is 14.1. The van der Waals surface area contributed by atoms with Crippen molar-refractivity contribution >= 4 is 34.4 Å². The Morgan fingerprint density at radius 2 is 1.83 bits per heavy atom. The van der Waals surface area contributed by atoms with Crippen LogP contribution in [0.25, 0.3) is 0 Å². The molecule has 4 N–H and O–H groups in total. The topological polar surface area (TPSA) is 98.7 Å². The first kappa shape index (κ1) is 14.9. The minimum atomic E-state index is -1.21. The van der Waals surface area contributed by atoms with Crippen LogP contribution in [-0.4, -0.2) is 34.3 Å². The second kappa shape index (κ2) is 6.66. The van der Waals surface area contributed by atoms with Gasteiger partial charge in [-0.15, -0.1) is 0 Å². The zero-order valence-corrected chi connectivity index (χ0v) is 11.7. The molecule has 1 aromatic rings. The molecule has 2 atom stereocenters. The molecule has 1 rings (SSSR count). The molecule has 7 heteroatoms. The lowest BCUT2D eigenvalue weighted by Gasteiger charge is -2.19. The smallest absolute Gasteiger partial charge is 0.268 e. The average molecular weight is 364 g/mol. The van der Waals surface area contributed by atoms with E-state index in [-0.39, 0.29) is 0 Å². The Balaban J connectivity index is 2.78. The molecule has 0 spiro atoms. The molecule has 0 aromatic heterocycles. The summed E-state index contributed by atoms with van der Waals surface area (Å²) >= 11 is 2.10. The van der Waals surface area contributed by atoms with E-state index in [2.05, 4.69) is 27.9 Å². The van der Waals surface area contributed by atoms with E-state index in [1.807, 2.05) is 0 Å². The minimum absolute atomic E-state index is 0.367. The molecule has 0 unspecified atom stereocenters. The lowest BCUT2D eigenvalue weighted by Crippen LogP contribution is -2.51. The lowest BCUT2D eigenvalue weighted by atomic mass is 10.1. The molecular weight excluding hydrogens is 351 g/mol. The summed E-state index contributed by atoms with van der Waals surface area (Å²) in [5.74, 6) is -1.37. The van der Waals surface area contributed by atoms with Gasteiger partial charge in [0.2, 0.25) is 0 Å². The fourth-order valence-corrected chi connectivity index (χ4v) is 1.66. The molecule has 6 nitrogen and oxygen atoms in total. The van der Waals surface area contributed by atoms with Gasteiger partial charge in [-0.05, 0) is 53.8 Å². The highest BCUT2D eigenvalue weighted by atomic mass is 127. The summed E-state index contributed by atoms with van der Waals surface area (Å²) in [6, 6.07) is 5.50. The van der Waals surface area contributed by atoms with Crippen molar-refractivity contribution < 1.29 is 19.9 Å². The number of benzene rings is 1. The average Bonchev–Trinajstić information content (AvgIpc) is 2.35. The third-order valence-corrected chi connectivity index (χ3v) is 2.99. The summed E-state index contributed by atoms with van der Waals surface area (Å²) in [6.07, 6.45) is -1.12. The van der Waals surface area contributed by atoms with Gasteiger partial charge in [0.1, 0.15) is 6.04 Å². The van der Waals surface area contributed by atoms with Crippen molar-refractivity contribution in [3.8, 4) is 0 Å². The minimum Gasteiger partial charge on any atom is -0.391 e. The Kier molecular flexibility index (Phi) is 5.51. The Morgan fingerprint density at radius 3 is 2.28 bits per heavy atom. The number of carbonyl (C=O) groups excluding carboxylic acids is 2. The standard InChI is InChI=1S/C11H13IN2O4/c1-6(15)9(11(17)14-18)13-10(16)7-2-4-8(12)5-3-7/h2-6,9,15,18H,1H3,(H,13,16)(H,14,17)/t6-,9+/m1/s1. The number of hydrogen-bond acceptors (Lipinski definition) is 4. The third kappa shape index (κ3) is 3.93. The van der Waals surface area contributed by atoms with Crippen molar-refractivity contribution in [3.63, 3.8) is 0 Å². The summed E-state index contributed by atoms with van der Waals surface area (Å²) in [7, 11) is 0. The molecule has 0 saturated heterocycles. The highest BCUT2D eigenvalue weighted by Crippen LogP contribution is 2.07. The molecule has 18 heavy (non-hydrogen) atoms. The molecule has 0 bridgehead atoms. The molecular formula is C11H13IN2O4. The van der Waals surface area contributed by atoms with Gasteiger partial charge in [0.15, 0.2) is 0 Å². The van der Waals surface area contributed by atoms with Gasteiger partial charge in [-0.3, -0.25) is 14.8 Å². The van der Waals surface area contributed by atoms with Gasteiger partial charge in [0, 0.05) is 9.13 Å². The Hall–Kier alpha value is -1.19. The molecule has 0 saturated carbocycles. The van der Waals surface area contributed by atoms with Gasteiger partial charge >= 0.3 is 0 Å². The first-order chi connectivity index (χ1) is 8.45. The van der Waals surface area contributed by atoms with Crippen molar-refractivity contribution in [2.45, 2.75) is 19.1 Å². The van der Waals surface area contributed by atoms with Crippen LogP contribution in [0.1, 0.15) is 17.3 Å². The van der Waals surface area contributed by atoms with Gasteiger partial charge in [-0.2, -0.15) is 0 Å². The van der Waals surface area contributed by atoms with Crippen molar-refractivity contribution in [1.82, 2.24) is 10.8 Å². The first-order valence-electron chi connectivity index (χ1n) is 5.14. The van der Waals surface area contributed by atoms with Crippen LogP contribution in [0, 0.1) is 3.57 Å². The van der Waals surface area contributed by atoms with Crippen LogP contribution >= 0.6 is 22.6 Å². The molecule has 2 amide bonds. The number of aliphatic hydroxyl groups excluding tert-OH is 1. The Bertz CT molecular complexity index is 433. The predicted molar refractivity (Wildman–Crippen MR) is 72.0 cm³/mol. The van der Waals surface area contributed by atoms with E-state index in [0.29, 0.717) is 5.56 Å².